The topological polar surface area (TPSA) is 73.8 Å². The quantitative estimate of drug-likeness (QED) is 0.544. The summed E-state index contributed by atoms with van der Waals surface area (Å²) in [5.41, 5.74) is 0.698. The highest BCUT2D eigenvalue weighted by Gasteiger charge is 2.25. The SMILES string of the molecule is CCCCOC(=O)N1CCC(Oc2cc3c(Cl)ncnc3cc2OC)CC1. The molecular formula is C19H24ClN3O4. The molecule has 27 heavy (non-hydrogen) atoms. The van der Waals surface area contributed by atoms with E-state index in [0.29, 0.717) is 47.3 Å². The molecule has 1 aliphatic heterocycles. The Morgan fingerprint density at radius 2 is 2.04 bits per heavy atom. The standard InChI is InChI=1S/C19H24ClN3O4/c1-3-4-9-26-19(24)23-7-5-13(6-8-23)27-17-10-14-15(11-16(17)25-2)21-12-22-18(14)20/h10-13H,3-9H2,1-2H3. The Labute approximate surface area is 163 Å². The van der Waals surface area contributed by atoms with Crippen LogP contribution in [0.15, 0.2) is 18.5 Å². The number of rotatable bonds is 6. The van der Waals surface area contributed by atoms with E-state index in [1.165, 1.54) is 6.33 Å². The molecule has 1 saturated heterocycles. The van der Waals surface area contributed by atoms with Crippen molar-refractivity contribution in [3.8, 4) is 11.5 Å². The lowest BCUT2D eigenvalue weighted by Crippen LogP contribution is -2.42. The Hall–Kier alpha value is -2.28. The average Bonchev–Trinajstić information content (AvgIpc) is 2.69. The number of hydrogen-bond donors (Lipinski definition) is 0. The second kappa shape index (κ2) is 9.08. The summed E-state index contributed by atoms with van der Waals surface area (Å²) in [5, 5.41) is 1.09. The molecule has 0 unspecified atom stereocenters. The molecule has 146 valence electrons. The van der Waals surface area contributed by atoms with Gasteiger partial charge in [0.1, 0.15) is 17.6 Å². The number of hydrogen-bond acceptors (Lipinski definition) is 6. The largest absolute Gasteiger partial charge is 0.493 e. The Morgan fingerprint density at radius 3 is 2.74 bits per heavy atom. The molecule has 7 nitrogen and oxygen atoms in total. The molecule has 1 aliphatic rings. The highest BCUT2D eigenvalue weighted by atomic mass is 35.5. The fourth-order valence-corrected chi connectivity index (χ4v) is 3.21. The van der Waals surface area contributed by atoms with Gasteiger partial charge in [-0.3, -0.25) is 0 Å². The molecule has 0 bridgehead atoms. The molecule has 0 aliphatic carbocycles. The van der Waals surface area contributed by atoms with E-state index in [1.54, 1.807) is 18.1 Å². The molecule has 1 aromatic heterocycles. The number of amides is 1. The molecule has 2 heterocycles. The molecule has 1 aromatic carbocycles. The van der Waals surface area contributed by atoms with Gasteiger partial charge in [0.15, 0.2) is 11.5 Å². The maximum atomic E-state index is 12.0. The van der Waals surface area contributed by atoms with Crippen molar-refractivity contribution in [1.82, 2.24) is 14.9 Å². The first kappa shape index (κ1) is 19.5. The first-order valence-corrected chi connectivity index (χ1v) is 9.56. The summed E-state index contributed by atoms with van der Waals surface area (Å²) in [6.07, 6.45) is 4.51. The van der Waals surface area contributed by atoms with E-state index < -0.39 is 0 Å². The summed E-state index contributed by atoms with van der Waals surface area (Å²) in [6, 6.07) is 3.60. The minimum atomic E-state index is -0.242. The van der Waals surface area contributed by atoms with Crippen LogP contribution in [-0.2, 0) is 4.74 Å². The number of halogens is 1. The summed E-state index contributed by atoms with van der Waals surface area (Å²) in [7, 11) is 1.59. The number of fused-ring (bicyclic) bond motifs is 1. The summed E-state index contributed by atoms with van der Waals surface area (Å²) in [6.45, 7) is 3.75. The van der Waals surface area contributed by atoms with Gasteiger partial charge in [-0.05, 0) is 12.5 Å². The van der Waals surface area contributed by atoms with Crippen molar-refractivity contribution >= 4 is 28.6 Å². The molecule has 0 N–H and O–H groups in total. The van der Waals surface area contributed by atoms with Gasteiger partial charge in [-0.1, -0.05) is 24.9 Å². The number of aromatic nitrogens is 2. The van der Waals surface area contributed by atoms with Gasteiger partial charge >= 0.3 is 6.09 Å². The number of carbonyl (C=O) groups excluding carboxylic acids is 1. The van der Waals surface area contributed by atoms with E-state index in [1.807, 2.05) is 6.07 Å². The van der Waals surface area contributed by atoms with Crippen LogP contribution in [0.5, 0.6) is 11.5 Å². The Kier molecular flexibility index (Phi) is 6.55. The summed E-state index contributed by atoms with van der Waals surface area (Å²) in [5.74, 6) is 1.20. The van der Waals surface area contributed by atoms with Gasteiger partial charge in [0.25, 0.3) is 0 Å². The minimum absolute atomic E-state index is 0.0144. The van der Waals surface area contributed by atoms with Crippen LogP contribution in [0, 0.1) is 0 Å². The van der Waals surface area contributed by atoms with E-state index in [4.69, 9.17) is 25.8 Å². The number of unbranched alkanes of at least 4 members (excludes halogenated alkanes) is 1. The summed E-state index contributed by atoms with van der Waals surface area (Å²) < 4.78 is 16.9. The number of piperidine rings is 1. The monoisotopic (exact) mass is 393 g/mol. The lowest BCUT2D eigenvalue weighted by atomic mass is 10.1. The van der Waals surface area contributed by atoms with Crippen LogP contribution in [0.2, 0.25) is 5.15 Å². The van der Waals surface area contributed by atoms with Crippen molar-refractivity contribution in [3.63, 3.8) is 0 Å². The fraction of sp³-hybridized carbons (Fsp3) is 0.526. The molecule has 8 heteroatoms. The van der Waals surface area contributed by atoms with Crippen molar-refractivity contribution in [2.45, 2.75) is 38.7 Å². The molecule has 0 atom stereocenters. The van der Waals surface area contributed by atoms with Crippen LogP contribution in [0.1, 0.15) is 32.6 Å². The third-order valence-corrected chi connectivity index (χ3v) is 4.89. The van der Waals surface area contributed by atoms with Crippen molar-refractivity contribution in [2.75, 3.05) is 26.8 Å². The molecule has 0 spiro atoms. The van der Waals surface area contributed by atoms with Crippen molar-refractivity contribution in [2.24, 2.45) is 0 Å². The minimum Gasteiger partial charge on any atom is -0.493 e. The second-order valence-electron chi connectivity index (χ2n) is 6.46. The van der Waals surface area contributed by atoms with E-state index >= 15 is 0 Å². The van der Waals surface area contributed by atoms with Crippen LogP contribution in [0.3, 0.4) is 0 Å². The van der Waals surface area contributed by atoms with Gasteiger partial charge in [-0.15, -0.1) is 0 Å². The van der Waals surface area contributed by atoms with Crippen molar-refractivity contribution in [3.05, 3.63) is 23.6 Å². The van der Waals surface area contributed by atoms with Gasteiger partial charge in [0.05, 0.1) is 19.2 Å². The molecule has 1 amide bonds. The van der Waals surface area contributed by atoms with Gasteiger partial charge < -0.3 is 19.1 Å². The smallest absolute Gasteiger partial charge is 0.409 e. The molecule has 1 fully saturated rings. The predicted molar refractivity (Wildman–Crippen MR) is 103 cm³/mol. The lowest BCUT2D eigenvalue weighted by Gasteiger charge is -2.31. The Morgan fingerprint density at radius 1 is 1.26 bits per heavy atom. The predicted octanol–water partition coefficient (Wildman–Crippen LogP) is 4.07. The second-order valence-corrected chi connectivity index (χ2v) is 6.81. The summed E-state index contributed by atoms with van der Waals surface area (Å²) >= 11 is 6.17. The van der Waals surface area contributed by atoms with Gasteiger partial charge in [0, 0.05) is 37.4 Å². The lowest BCUT2D eigenvalue weighted by molar-refractivity contribution is 0.0661. The molecule has 3 rings (SSSR count). The van der Waals surface area contributed by atoms with Crippen molar-refractivity contribution < 1.29 is 19.0 Å². The van der Waals surface area contributed by atoms with Crippen LogP contribution < -0.4 is 9.47 Å². The van der Waals surface area contributed by atoms with Gasteiger partial charge in [-0.25, -0.2) is 14.8 Å². The zero-order chi connectivity index (χ0) is 19.2. The number of benzene rings is 1. The number of likely N-dealkylation sites (tertiary alicyclic amines) is 1. The molecule has 2 aromatic rings. The third kappa shape index (κ3) is 4.71. The van der Waals surface area contributed by atoms with Crippen LogP contribution in [-0.4, -0.2) is 53.9 Å². The van der Waals surface area contributed by atoms with Crippen LogP contribution >= 0.6 is 11.6 Å². The number of carbonyl (C=O) groups is 1. The zero-order valence-electron chi connectivity index (χ0n) is 15.6. The summed E-state index contributed by atoms with van der Waals surface area (Å²) in [4.78, 5) is 22.0. The zero-order valence-corrected chi connectivity index (χ0v) is 16.4. The number of methoxy groups -OCH3 is 1. The van der Waals surface area contributed by atoms with Crippen LogP contribution in [0.25, 0.3) is 10.9 Å². The van der Waals surface area contributed by atoms with E-state index in [-0.39, 0.29) is 12.2 Å². The molecule has 0 saturated carbocycles. The highest BCUT2D eigenvalue weighted by Crippen LogP contribution is 2.35. The maximum Gasteiger partial charge on any atom is 0.409 e. The maximum absolute atomic E-state index is 12.0. The number of nitrogens with zero attached hydrogens (tertiary/aromatic N) is 3. The Balaban J connectivity index is 1.63. The highest BCUT2D eigenvalue weighted by molar-refractivity contribution is 6.34. The van der Waals surface area contributed by atoms with Gasteiger partial charge in [-0.2, -0.15) is 0 Å². The first-order chi connectivity index (χ1) is 13.1. The van der Waals surface area contributed by atoms with Gasteiger partial charge in [0.2, 0.25) is 0 Å². The van der Waals surface area contributed by atoms with Crippen molar-refractivity contribution in [1.29, 1.82) is 0 Å². The fourth-order valence-electron chi connectivity index (χ4n) is 3.02. The first-order valence-electron chi connectivity index (χ1n) is 9.19. The average molecular weight is 394 g/mol. The Bertz CT molecular complexity index is 794. The normalized spacial score (nSPS) is 15.0. The molecular weight excluding hydrogens is 370 g/mol. The van der Waals surface area contributed by atoms with E-state index in [9.17, 15) is 4.79 Å². The third-order valence-electron chi connectivity index (χ3n) is 4.59. The number of ether oxygens (including phenoxy) is 3. The van der Waals surface area contributed by atoms with E-state index in [0.717, 1.165) is 25.7 Å². The van der Waals surface area contributed by atoms with E-state index in [2.05, 4.69) is 16.9 Å². The molecule has 0 radical (unpaired) electrons. The van der Waals surface area contributed by atoms with Crippen LogP contribution in [0.4, 0.5) is 4.79 Å².